The number of hydrogen-bond acceptors (Lipinski definition) is 2. The molecule has 1 unspecified atom stereocenters. The summed E-state index contributed by atoms with van der Waals surface area (Å²) >= 11 is 0. The van der Waals surface area contributed by atoms with Crippen molar-refractivity contribution >= 4 is 5.91 Å². The largest absolute Gasteiger partial charge is 0.329 e. The van der Waals surface area contributed by atoms with Crippen LogP contribution in [-0.2, 0) is 7.05 Å². The molecule has 2 aromatic carbocycles. The number of halogens is 1. The zero-order chi connectivity index (χ0) is 19.8. The molecule has 1 atom stereocenters. The second kappa shape index (κ2) is 7.23. The minimum absolute atomic E-state index is 0.0819. The summed E-state index contributed by atoms with van der Waals surface area (Å²) in [7, 11) is 1.52. The van der Waals surface area contributed by atoms with Gasteiger partial charge in [0.25, 0.3) is 5.91 Å². The maximum absolute atomic E-state index is 14.6. The van der Waals surface area contributed by atoms with E-state index >= 15 is 0 Å². The molecule has 0 saturated heterocycles. The summed E-state index contributed by atoms with van der Waals surface area (Å²) in [5.41, 5.74) is 3.78. The molecule has 0 spiro atoms. The number of aryl methyl sites for hydroxylation is 2. The highest BCUT2D eigenvalue weighted by molar-refractivity contribution is 5.96. The molecule has 0 aliphatic heterocycles. The van der Waals surface area contributed by atoms with E-state index in [-0.39, 0.29) is 23.6 Å². The van der Waals surface area contributed by atoms with Crippen LogP contribution in [0.1, 0.15) is 47.4 Å². The van der Waals surface area contributed by atoms with Crippen LogP contribution in [0.25, 0.3) is 11.1 Å². The van der Waals surface area contributed by atoms with Crippen molar-refractivity contribution in [1.82, 2.24) is 14.7 Å². The van der Waals surface area contributed by atoms with Gasteiger partial charge in [0, 0.05) is 13.1 Å². The van der Waals surface area contributed by atoms with Crippen LogP contribution in [0.15, 0.2) is 54.6 Å². The van der Waals surface area contributed by atoms with E-state index in [9.17, 15) is 9.18 Å². The lowest BCUT2D eigenvalue weighted by atomic mass is 9.94. The minimum Gasteiger partial charge on any atom is -0.329 e. The third-order valence-electron chi connectivity index (χ3n) is 5.45. The van der Waals surface area contributed by atoms with Crippen LogP contribution >= 0.6 is 0 Å². The Balaban J connectivity index is 1.75. The van der Waals surface area contributed by atoms with Crippen molar-refractivity contribution in [2.45, 2.75) is 38.8 Å². The van der Waals surface area contributed by atoms with Gasteiger partial charge in [0.05, 0.1) is 11.7 Å². The Kier molecular flexibility index (Phi) is 4.75. The Labute approximate surface area is 164 Å². The summed E-state index contributed by atoms with van der Waals surface area (Å²) in [5.74, 6) is -0.849. The summed E-state index contributed by atoms with van der Waals surface area (Å²) in [5, 5.41) is 4.09. The molecule has 1 aliphatic carbocycles. The highest BCUT2D eigenvalue weighted by Gasteiger charge is 2.39. The van der Waals surface area contributed by atoms with E-state index in [2.05, 4.69) is 29.4 Å². The predicted octanol–water partition coefficient (Wildman–Crippen LogP) is 4.90. The van der Waals surface area contributed by atoms with Crippen molar-refractivity contribution in [1.29, 1.82) is 0 Å². The number of rotatable bonds is 5. The summed E-state index contributed by atoms with van der Waals surface area (Å²) < 4.78 is 15.7. The average Bonchev–Trinajstić information content (AvgIpc) is 3.49. The molecule has 1 fully saturated rings. The summed E-state index contributed by atoms with van der Waals surface area (Å²) in [6.07, 6.45) is 1.90. The number of carbonyl (C=O) groups is 1. The van der Waals surface area contributed by atoms with E-state index < -0.39 is 5.95 Å². The number of amides is 1. The maximum Gasteiger partial charge on any atom is 0.261 e. The van der Waals surface area contributed by atoms with Crippen LogP contribution in [0.3, 0.4) is 0 Å². The van der Waals surface area contributed by atoms with Gasteiger partial charge in [0.2, 0.25) is 5.95 Å². The first kappa shape index (κ1) is 18.4. The second-order valence-electron chi connectivity index (χ2n) is 7.45. The number of benzene rings is 2. The van der Waals surface area contributed by atoms with Crippen LogP contribution in [0.4, 0.5) is 4.39 Å². The SMILES string of the molecule is Cc1nn(C)c(F)c1C(=O)N(C1CC1)C(C)c1ccccc1-c1ccccc1. The van der Waals surface area contributed by atoms with E-state index in [0.29, 0.717) is 5.69 Å². The fourth-order valence-electron chi connectivity index (χ4n) is 3.90. The highest BCUT2D eigenvalue weighted by Crippen LogP contribution is 2.39. The topological polar surface area (TPSA) is 38.1 Å². The molecule has 4 nitrogen and oxygen atoms in total. The molecule has 1 saturated carbocycles. The zero-order valence-corrected chi connectivity index (χ0v) is 16.4. The van der Waals surface area contributed by atoms with Gasteiger partial charge < -0.3 is 4.90 Å². The molecule has 3 aromatic rings. The van der Waals surface area contributed by atoms with Crippen LogP contribution in [-0.4, -0.2) is 26.6 Å². The molecule has 28 heavy (non-hydrogen) atoms. The van der Waals surface area contributed by atoms with Crippen molar-refractivity contribution in [2.75, 3.05) is 0 Å². The van der Waals surface area contributed by atoms with Crippen molar-refractivity contribution in [3.63, 3.8) is 0 Å². The van der Waals surface area contributed by atoms with Crippen molar-refractivity contribution in [2.24, 2.45) is 7.05 Å². The lowest BCUT2D eigenvalue weighted by Crippen LogP contribution is -2.36. The average molecular weight is 377 g/mol. The molecule has 4 rings (SSSR count). The Bertz CT molecular complexity index is 1010. The number of aromatic nitrogens is 2. The van der Waals surface area contributed by atoms with E-state index in [0.717, 1.165) is 34.2 Å². The lowest BCUT2D eigenvalue weighted by Gasteiger charge is -2.31. The monoisotopic (exact) mass is 377 g/mol. The van der Waals surface area contributed by atoms with E-state index in [1.807, 2.05) is 42.2 Å². The fraction of sp³-hybridized carbons (Fsp3) is 0.304. The summed E-state index contributed by atoms with van der Waals surface area (Å²) in [6, 6.07) is 18.2. The van der Waals surface area contributed by atoms with Crippen LogP contribution in [0, 0.1) is 12.9 Å². The second-order valence-corrected chi connectivity index (χ2v) is 7.45. The van der Waals surface area contributed by atoms with Gasteiger partial charge in [-0.3, -0.25) is 4.79 Å². The molecule has 1 amide bonds. The molecule has 1 heterocycles. The standard InChI is InChI=1S/C23H24FN3O/c1-15-21(22(24)26(3)25-15)23(28)27(18-13-14-18)16(2)19-11-7-8-12-20(19)17-9-5-4-6-10-17/h4-12,16,18H,13-14H2,1-3H3. The Morgan fingerprint density at radius 1 is 1.14 bits per heavy atom. The van der Waals surface area contributed by atoms with Gasteiger partial charge in [-0.1, -0.05) is 54.6 Å². The summed E-state index contributed by atoms with van der Waals surface area (Å²) in [6.45, 7) is 3.71. The van der Waals surface area contributed by atoms with Gasteiger partial charge >= 0.3 is 0 Å². The molecule has 1 aromatic heterocycles. The first-order valence-electron chi connectivity index (χ1n) is 9.65. The van der Waals surface area contributed by atoms with Gasteiger partial charge in [-0.15, -0.1) is 0 Å². The lowest BCUT2D eigenvalue weighted by molar-refractivity contribution is 0.0668. The van der Waals surface area contributed by atoms with Gasteiger partial charge in [0.15, 0.2) is 0 Å². The van der Waals surface area contributed by atoms with E-state index in [1.165, 1.54) is 7.05 Å². The van der Waals surface area contributed by atoms with Crippen molar-refractivity contribution < 1.29 is 9.18 Å². The third-order valence-corrected chi connectivity index (χ3v) is 5.45. The number of hydrogen-bond donors (Lipinski definition) is 0. The Morgan fingerprint density at radius 3 is 2.39 bits per heavy atom. The Morgan fingerprint density at radius 2 is 1.79 bits per heavy atom. The highest BCUT2D eigenvalue weighted by atomic mass is 19.1. The van der Waals surface area contributed by atoms with Crippen molar-refractivity contribution in [3.8, 4) is 11.1 Å². The van der Waals surface area contributed by atoms with Crippen LogP contribution in [0.5, 0.6) is 0 Å². The first-order chi connectivity index (χ1) is 13.5. The summed E-state index contributed by atoms with van der Waals surface area (Å²) in [4.78, 5) is 15.2. The van der Waals surface area contributed by atoms with Crippen molar-refractivity contribution in [3.05, 3.63) is 77.4 Å². The molecule has 144 valence electrons. The molecule has 0 bridgehead atoms. The molecule has 0 N–H and O–H groups in total. The predicted molar refractivity (Wildman–Crippen MR) is 107 cm³/mol. The molecular formula is C23H24FN3O. The third kappa shape index (κ3) is 3.21. The quantitative estimate of drug-likeness (QED) is 0.634. The first-order valence-corrected chi connectivity index (χ1v) is 9.65. The maximum atomic E-state index is 14.6. The smallest absolute Gasteiger partial charge is 0.261 e. The molecular weight excluding hydrogens is 353 g/mol. The Hall–Kier alpha value is -2.95. The minimum atomic E-state index is -0.573. The zero-order valence-electron chi connectivity index (χ0n) is 16.4. The van der Waals surface area contributed by atoms with Gasteiger partial charge in [-0.2, -0.15) is 9.49 Å². The molecule has 5 heteroatoms. The molecule has 1 aliphatic rings. The van der Waals surface area contributed by atoms with Gasteiger partial charge in [0.1, 0.15) is 5.56 Å². The van der Waals surface area contributed by atoms with Gasteiger partial charge in [-0.05, 0) is 43.4 Å². The fourth-order valence-corrected chi connectivity index (χ4v) is 3.90. The van der Waals surface area contributed by atoms with Crippen LogP contribution < -0.4 is 0 Å². The van der Waals surface area contributed by atoms with E-state index in [1.54, 1.807) is 6.92 Å². The van der Waals surface area contributed by atoms with E-state index in [4.69, 9.17) is 0 Å². The number of nitrogens with zero attached hydrogens (tertiary/aromatic N) is 3. The number of carbonyl (C=O) groups excluding carboxylic acids is 1. The van der Waals surface area contributed by atoms with Crippen LogP contribution in [0.2, 0.25) is 0 Å². The normalized spacial score (nSPS) is 14.7. The van der Waals surface area contributed by atoms with Gasteiger partial charge in [-0.25, -0.2) is 4.68 Å². The molecule has 0 radical (unpaired) electrons.